The van der Waals surface area contributed by atoms with E-state index in [2.05, 4.69) is 15.5 Å². The molecular formula is C22H23Cl2N3O2. The number of aryl methyl sites for hydroxylation is 1. The fourth-order valence-corrected chi connectivity index (χ4v) is 4.48. The molecule has 1 fully saturated rings. The van der Waals surface area contributed by atoms with Gasteiger partial charge in [0, 0.05) is 45.9 Å². The maximum Gasteiger partial charge on any atom is 0.227 e. The molecule has 1 saturated heterocycles. The zero-order chi connectivity index (χ0) is 20.4. The molecule has 0 unspecified atom stereocenters. The van der Waals surface area contributed by atoms with Gasteiger partial charge in [0.2, 0.25) is 11.8 Å². The number of benzene rings is 2. The highest BCUT2D eigenvalue weighted by Gasteiger charge is 2.26. The van der Waals surface area contributed by atoms with Crippen LogP contribution in [0.2, 0.25) is 10.0 Å². The highest BCUT2D eigenvalue weighted by Crippen LogP contribution is 2.29. The van der Waals surface area contributed by atoms with E-state index in [0.29, 0.717) is 29.4 Å². The van der Waals surface area contributed by atoms with Gasteiger partial charge in [-0.2, -0.15) is 0 Å². The van der Waals surface area contributed by atoms with E-state index < -0.39 is 0 Å². The van der Waals surface area contributed by atoms with Crippen molar-refractivity contribution in [1.29, 1.82) is 0 Å². The van der Waals surface area contributed by atoms with E-state index in [9.17, 15) is 9.59 Å². The minimum atomic E-state index is -0.0105. The summed E-state index contributed by atoms with van der Waals surface area (Å²) in [6, 6.07) is 11.2. The standard InChI is InChI=1S/C22H23Cl2N3O2/c23-18-2-1-3-19(24)17(18)13-27-10-8-14(9-11-27)22(29)25-16-5-6-20-15(12-16)4-7-21(28)26-20/h1-3,5-6,12,14H,4,7-11,13H2,(H,25,29)(H,26,28). The van der Waals surface area contributed by atoms with Crippen molar-refractivity contribution in [3.8, 4) is 0 Å². The number of rotatable bonds is 4. The summed E-state index contributed by atoms with van der Waals surface area (Å²) in [5.74, 6) is 0.0862. The lowest BCUT2D eigenvalue weighted by Crippen LogP contribution is -2.37. The molecule has 2 heterocycles. The Bertz CT molecular complexity index is 919. The number of nitrogens with zero attached hydrogens (tertiary/aromatic N) is 1. The fourth-order valence-electron chi connectivity index (χ4n) is 3.97. The minimum Gasteiger partial charge on any atom is -0.326 e. The molecule has 2 aliphatic rings. The molecule has 5 nitrogen and oxygen atoms in total. The van der Waals surface area contributed by atoms with Crippen LogP contribution >= 0.6 is 23.2 Å². The van der Waals surface area contributed by atoms with Crippen LogP contribution in [0.4, 0.5) is 11.4 Å². The second-order valence-corrected chi connectivity index (χ2v) is 8.47. The number of hydrogen-bond acceptors (Lipinski definition) is 3. The number of carbonyl (C=O) groups is 2. The molecule has 0 spiro atoms. The Morgan fingerprint density at radius 3 is 2.55 bits per heavy atom. The number of likely N-dealkylation sites (tertiary alicyclic amines) is 1. The number of amides is 2. The van der Waals surface area contributed by atoms with Gasteiger partial charge in [0.25, 0.3) is 0 Å². The van der Waals surface area contributed by atoms with E-state index >= 15 is 0 Å². The summed E-state index contributed by atoms with van der Waals surface area (Å²) in [7, 11) is 0. The van der Waals surface area contributed by atoms with Gasteiger partial charge in [-0.05, 0) is 68.2 Å². The molecule has 0 aliphatic carbocycles. The van der Waals surface area contributed by atoms with Gasteiger partial charge in [-0.25, -0.2) is 0 Å². The third kappa shape index (κ3) is 4.74. The topological polar surface area (TPSA) is 61.4 Å². The summed E-state index contributed by atoms with van der Waals surface area (Å²) in [5, 5.41) is 7.27. The molecule has 4 rings (SSSR count). The highest BCUT2D eigenvalue weighted by molar-refractivity contribution is 6.35. The second kappa shape index (κ2) is 8.74. The molecule has 29 heavy (non-hydrogen) atoms. The fraction of sp³-hybridized carbons (Fsp3) is 0.364. The third-order valence-electron chi connectivity index (χ3n) is 5.67. The first-order chi connectivity index (χ1) is 14.0. The van der Waals surface area contributed by atoms with Gasteiger partial charge in [0.1, 0.15) is 0 Å². The van der Waals surface area contributed by atoms with Crippen molar-refractivity contribution in [1.82, 2.24) is 4.90 Å². The molecule has 0 radical (unpaired) electrons. The first-order valence-electron chi connectivity index (χ1n) is 9.88. The molecule has 7 heteroatoms. The molecule has 2 aliphatic heterocycles. The van der Waals surface area contributed by atoms with E-state index in [4.69, 9.17) is 23.2 Å². The zero-order valence-corrected chi connectivity index (χ0v) is 17.5. The largest absolute Gasteiger partial charge is 0.326 e. The summed E-state index contributed by atoms with van der Waals surface area (Å²) in [5.41, 5.74) is 3.63. The maximum atomic E-state index is 12.7. The number of piperidine rings is 1. The van der Waals surface area contributed by atoms with E-state index in [0.717, 1.165) is 48.4 Å². The van der Waals surface area contributed by atoms with Crippen molar-refractivity contribution >= 4 is 46.4 Å². The van der Waals surface area contributed by atoms with E-state index in [-0.39, 0.29) is 17.7 Å². The Morgan fingerprint density at radius 2 is 1.83 bits per heavy atom. The Kier molecular flexibility index (Phi) is 6.09. The van der Waals surface area contributed by atoms with Crippen LogP contribution in [0.5, 0.6) is 0 Å². The van der Waals surface area contributed by atoms with Crippen LogP contribution in [-0.2, 0) is 22.6 Å². The molecule has 0 bridgehead atoms. The molecule has 2 N–H and O–H groups in total. The van der Waals surface area contributed by atoms with Crippen LogP contribution < -0.4 is 10.6 Å². The average Bonchev–Trinajstić information content (AvgIpc) is 2.71. The van der Waals surface area contributed by atoms with Crippen LogP contribution in [0.15, 0.2) is 36.4 Å². The van der Waals surface area contributed by atoms with Gasteiger partial charge in [0.15, 0.2) is 0 Å². The summed E-state index contributed by atoms with van der Waals surface area (Å²) >= 11 is 12.6. The number of anilines is 2. The maximum absolute atomic E-state index is 12.7. The molecule has 0 aromatic heterocycles. The highest BCUT2D eigenvalue weighted by atomic mass is 35.5. The SMILES string of the molecule is O=C1CCc2cc(NC(=O)C3CCN(Cc4c(Cl)cccc4Cl)CC3)ccc2N1. The molecule has 152 valence electrons. The lowest BCUT2D eigenvalue weighted by molar-refractivity contribution is -0.121. The van der Waals surface area contributed by atoms with Crippen LogP contribution in [0, 0.1) is 5.92 Å². The number of carbonyl (C=O) groups excluding carboxylic acids is 2. The van der Waals surface area contributed by atoms with Crippen LogP contribution in [0.1, 0.15) is 30.4 Å². The second-order valence-electron chi connectivity index (χ2n) is 7.66. The lowest BCUT2D eigenvalue weighted by atomic mass is 9.95. The van der Waals surface area contributed by atoms with Crippen molar-refractivity contribution in [2.24, 2.45) is 5.92 Å². The van der Waals surface area contributed by atoms with Gasteiger partial charge >= 0.3 is 0 Å². The van der Waals surface area contributed by atoms with Crippen molar-refractivity contribution in [3.05, 3.63) is 57.6 Å². The van der Waals surface area contributed by atoms with Gasteiger partial charge in [-0.15, -0.1) is 0 Å². The first-order valence-corrected chi connectivity index (χ1v) is 10.6. The smallest absolute Gasteiger partial charge is 0.227 e. The summed E-state index contributed by atoms with van der Waals surface area (Å²) < 4.78 is 0. The van der Waals surface area contributed by atoms with Crippen molar-refractivity contribution in [3.63, 3.8) is 0 Å². The third-order valence-corrected chi connectivity index (χ3v) is 6.38. The Balaban J connectivity index is 1.32. The molecule has 2 amide bonds. The van der Waals surface area contributed by atoms with Crippen LogP contribution in [0.3, 0.4) is 0 Å². The number of fused-ring (bicyclic) bond motifs is 1. The van der Waals surface area contributed by atoms with Gasteiger partial charge in [-0.3, -0.25) is 14.5 Å². The predicted octanol–water partition coefficient (Wildman–Crippen LogP) is 4.73. The average molecular weight is 432 g/mol. The normalized spacial score (nSPS) is 17.5. The molecule has 0 atom stereocenters. The van der Waals surface area contributed by atoms with Crippen molar-refractivity contribution < 1.29 is 9.59 Å². The van der Waals surface area contributed by atoms with E-state index in [1.807, 2.05) is 36.4 Å². The molecule has 2 aromatic rings. The van der Waals surface area contributed by atoms with Crippen LogP contribution in [-0.4, -0.2) is 29.8 Å². The van der Waals surface area contributed by atoms with Crippen LogP contribution in [0.25, 0.3) is 0 Å². The minimum absolute atomic E-state index is 0.0105. The summed E-state index contributed by atoms with van der Waals surface area (Å²) in [4.78, 5) is 26.5. The Hall–Kier alpha value is -2.08. The van der Waals surface area contributed by atoms with Crippen molar-refractivity contribution in [2.75, 3.05) is 23.7 Å². The first kappa shape index (κ1) is 20.2. The molecule has 2 aromatic carbocycles. The predicted molar refractivity (Wildman–Crippen MR) is 116 cm³/mol. The number of nitrogens with one attached hydrogen (secondary N) is 2. The summed E-state index contributed by atoms with van der Waals surface area (Å²) in [6.45, 7) is 2.36. The number of halogens is 2. The van der Waals surface area contributed by atoms with E-state index in [1.165, 1.54) is 0 Å². The van der Waals surface area contributed by atoms with E-state index in [1.54, 1.807) is 0 Å². The quantitative estimate of drug-likeness (QED) is 0.735. The monoisotopic (exact) mass is 431 g/mol. The van der Waals surface area contributed by atoms with Gasteiger partial charge in [-0.1, -0.05) is 29.3 Å². The summed E-state index contributed by atoms with van der Waals surface area (Å²) in [6.07, 6.45) is 2.79. The Morgan fingerprint density at radius 1 is 1.10 bits per heavy atom. The Labute approximate surface area is 180 Å². The van der Waals surface area contributed by atoms with Gasteiger partial charge < -0.3 is 10.6 Å². The number of hydrogen-bond donors (Lipinski definition) is 2. The molecule has 0 saturated carbocycles. The zero-order valence-electron chi connectivity index (χ0n) is 16.0. The van der Waals surface area contributed by atoms with Gasteiger partial charge in [0.05, 0.1) is 0 Å². The lowest BCUT2D eigenvalue weighted by Gasteiger charge is -2.31. The van der Waals surface area contributed by atoms with Crippen molar-refractivity contribution in [2.45, 2.75) is 32.2 Å². The molecular weight excluding hydrogens is 409 g/mol.